The fourth-order valence-corrected chi connectivity index (χ4v) is 3.65. The summed E-state index contributed by atoms with van der Waals surface area (Å²) in [5.41, 5.74) is 5.13. The van der Waals surface area contributed by atoms with Crippen LogP contribution in [0.15, 0.2) is 24.5 Å². The average molecular weight is 418 g/mol. The van der Waals surface area contributed by atoms with Gasteiger partial charge < -0.3 is 31.4 Å². The van der Waals surface area contributed by atoms with E-state index < -0.39 is 19.3 Å². The standard InChI is InChI=1S/C19H31BN6O4/c21-18(22)25-11-4-6-15(30-20-29)26-17(28)19(8-1-2-9-19)16(27)24-12-7-14-5-3-10-23-13-14/h3,5,10,13,15,20,29H,1-2,4,6-9,11-12H2,(H,24,27)(H,26,28)(H4,21,22,25)/t15-/m1/s1. The highest BCUT2D eigenvalue weighted by atomic mass is 16.5. The van der Waals surface area contributed by atoms with Crippen LogP contribution in [0.1, 0.15) is 44.1 Å². The number of carbonyl (C=O) groups excluding carboxylic acids is 2. The molecule has 2 amide bonds. The molecule has 7 N–H and O–H groups in total. The molecule has 10 nitrogen and oxygen atoms in total. The number of pyridine rings is 1. The monoisotopic (exact) mass is 418 g/mol. The number of nitrogens with two attached hydrogens (primary N) is 1. The van der Waals surface area contributed by atoms with Crippen LogP contribution >= 0.6 is 0 Å². The van der Waals surface area contributed by atoms with E-state index in [-0.39, 0.29) is 17.8 Å². The number of amides is 2. The molecule has 1 aromatic heterocycles. The third kappa shape index (κ3) is 6.99. The van der Waals surface area contributed by atoms with Crippen LogP contribution in [0, 0.1) is 10.8 Å². The van der Waals surface area contributed by atoms with Crippen LogP contribution in [-0.4, -0.2) is 54.8 Å². The molecule has 1 fully saturated rings. The zero-order valence-corrected chi connectivity index (χ0v) is 17.2. The number of hydrogen-bond donors (Lipinski definition) is 6. The van der Waals surface area contributed by atoms with E-state index in [2.05, 4.69) is 20.9 Å². The minimum absolute atomic E-state index is 0.133. The quantitative estimate of drug-likeness (QED) is 0.0652. The van der Waals surface area contributed by atoms with Gasteiger partial charge in [0.1, 0.15) is 11.6 Å². The van der Waals surface area contributed by atoms with Gasteiger partial charge in [0.15, 0.2) is 5.96 Å². The van der Waals surface area contributed by atoms with E-state index in [0.29, 0.717) is 45.2 Å². The van der Waals surface area contributed by atoms with Crippen molar-refractivity contribution in [3.63, 3.8) is 0 Å². The summed E-state index contributed by atoms with van der Waals surface area (Å²) >= 11 is 0. The zero-order valence-electron chi connectivity index (χ0n) is 17.2. The van der Waals surface area contributed by atoms with Crippen molar-refractivity contribution in [3.8, 4) is 0 Å². The lowest BCUT2D eigenvalue weighted by molar-refractivity contribution is -0.145. The summed E-state index contributed by atoms with van der Waals surface area (Å²) in [6.07, 6.45) is 6.90. The van der Waals surface area contributed by atoms with E-state index in [9.17, 15) is 9.59 Å². The molecule has 164 valence electrons. The molecular weight excluding hydrogens is 387 g/mol. The summed E-state index contributed by atoms with van der Waals surface area (Å²) in [6.45, 7) is 0.864. The molecule has 30 heavy (non-hydrogen) atoms. The van der Waals surface area contributed by atoms with Gasteiger partial charge in [0.05, 0.1) is 0 Å². The van der Waals surface area contributed by atoms with E-state index in [1.807, 2.05) is 12.1 Å². The summed E-state index contributed by atoms with van der Waals surface area (Å²) in [5, 5.41) is 24.6. The van der Waals surface area contributed by atoms with Gasteiger partial charge in [-0.15, -0.1) is 0 Å². The van der Waals surface area contributed by atoms with Crippen molar-refractivity contribution in [1.82, 2.24) is 20.9 Å². The summed E-state index contributed by atoms with van der Waals surface area (Å²) < 4.78 is 5.22. The van der Waals surface area contributed by atoms with Gasteiger partial charge in [0.25, 0.3) is 0 Å². The fraction of sp³-hybridized carbons (Fsp3) is 0.579. The Bertz CT molecular complexity index is 700. The van der Waals surface area contributed by atoms with E-state index in [0.717, 1.165) is 18.4 Å². The van der Waals surface area contributed by atoms with Gasteiger partial charge in [-0.25, -0.2) is 0 Å². The molecule has 0 aliphatic heterocycles. The second-order valence-electron chi connectivity index (χ2n) is 7.40. The Morgan fingerprint density at radius 3 is 2.70 bits per heavy atom. The zero-order chi connectivity index (χ0) is 21.8. The highest BCUT2D eigenvalue weighted by Crippen LogP contribution is 2.38. The molecule has 0 spiro atoms. The third-order valence-corrected chi connectivity index (χ3v) is 5.27. The highest BCUT2D eigenvalue weighted by Gasteiger charge is 2.48. The number of nitrogens with one attached hydrogen (secondary N) is 4. The van der Waals surface area contributed by atoms with E-state index in [1.165, 1.54) is 0 Å². The van der Waals surface area contributed by atoms with Crippen LogP contribution in [0.25, 0.3) is 0 Å². The lowest BCUT2D eigenvalue weighted by Crippen LogP contribution is -2.53. The molecular formula is C19H31BN6O4. The first-order valence-electron chi connectivity index (χ1n) is 10.3. The molecule has 0 unspecified atom stereocenters. The van der Waals surface area contributed by atoms with Crippen LogP contribution in [0.5, 0.6) is 0 Å². The lowest BCUT2D eigenvalue weighted by Gasteiger charge is -2.29. The molecule has 1 aliphatic rings. The Kier molecular flexibility index (Phi) is 9.55. The molecule has 1 heterocycles. The van der Waals surface area contributed by atoms with Crippen molar-refractivity contribution >= 4 is 25.5 Å². The Labute approximate surface area is 177 Å². The number of carbonyl (C=O) groups is 2. The number of aromatic nitrogens is 1. The smallest absolute Gasteiger partial charge is 0.430 e. The molecule has 0 bridgehead atoms. The summed E-state index contributed by atoms with van der Waals surface area (Å²) in [7, 11) is -0.546. The number of hydrogen-bond acceptors (Lipinski definition) is 6. The van der Waals surface area contributed by atoms with Gasteiger partial charge in [0, 0.05) is 25.5 Å². The van der Waals surface area contributed by atoms with Crippen molar-refractivity contribution in [3.05, 3.63) is 30.1 Å². The topological polar surface area (TPSA) is 162 Å². The lowest BCUT2D eigenvalue weighted by atomic mass is 9.83. The van der Waals surface area contributed by atoms with Crippen molar-refractivity contribution in [2.45, 2.75) is 51.2 Å². The van der Waals surface area contributed by atoms with Gasteiger partial charge in [-0.3, -0.25) is 20.0 Å². The SMILES string of the molecule is N=C(N)NCCC[C@H](NC(=O)C1(C(=O)NCCc2cccnc2)CCCC1)OBO. The van der Waals surface area contributed by atoms with Crippen LogP contribution in [0.2, 0.25) is 0 Å². The molecule has 0 aromatic carbocycles. The summed E-state index contributed by atoms with van der Waals surface area (Å²) in [4.78, 5) is 30.1. The fourth-order valence-electron chi connectivity index (χ4n) is 3.65. The van der Waals surface area contributed by atoms with Crippen LogP contribution in [0.4, 0.5) is 0 Å². The highest BCUT2D eigenvalue weighted by molar-refractivity contribution is 6.16. The molecule has 1 saturated carbocycles. The van der Waals surface area contributed by atoms with Gasteiger partial charge in [-0.05, 0) is 43.7 Å². The van der Waals surface area contributed by atoms with Gasteiger partial charge in [0.2, 0.25) is 11.8 Å². The summed E-state index contributed by atoms with van der Waals surface area (Å²) in [6, 6.07) is 3.78. The molecule has 2 rings (SSSR count). The van der Waals surface area contributed by atoms with Crippen LogP contribution < -0.4 is 21.7 Å². The molecule has 1 aliphatic carbocycles. The Morgan fingerprint density at radius 1 is 1.30 bits per heavy atom. The number of nitrogens with zero attached hydrogens (tertiary/aromatic N) is 1. The Morgan fingerprint density at radius 2 is 2.07 bits per heavy atom. The minimum atomic E-state index is -1.12. The second kappa shape index (κ2) is 12.1. The molecule has 0 radical (unpaired) electrons. The second-order valence-corrected chi connectivity index (χ2v) is 7.40. The third-order valence-electron chi connectivity index (χ3n) is 5.27. The average Bonchev–Trinajstić information content (AvgIpc) is 3.23. The van der Waals surface area contributed by atoms with Crippen molar-refractivity contribution in [2.24, 2.45) is 11.1 Å². The Hall–Kier alpha value is -2.66. The first kappa shape index (κ1) is 23.6. The number of guanidine groups is 1. The van der Waals surface area contributed by atoms with Gasteiger partial charge >= 0.3 is 7.69 Å². The normalized spacial score (nSPS) is 15.8. The van der Waals surface area contributed by atoms with Crippen molar-refractivity contribution < 1.29 is 19.3 Å². The van der Waals surface area contributed by atoms with E-state index >= 15 is 0 Å². The Balaban J connectivity index is 1.91. The molecule has 1 atom stereocenters. The first-order chi connectivity index (χ1) is 14.5. The molecule has 1 aromatic rings. The predicted octanol–water partition coefficient (Wildman–Crippen LogP) is -0.718. The maximum Gasteiger partial charge on any atom is 0.436 e. The van der Waals surface area contributed by atoms with Gasteiger partial charge in [-0.1, -0.05) is 18.9 Å². The van der Waals surface area contributed by atoms with E-state index in [4.69, 9.17) is 20.8 Å². The largest absolute Gasteiger partial charge is 0.436 e. The number of rotatable bonds is 12. The predicted molar refractivity (Wildman–Crippen MR) is 113 cm³/mol. The van der Waals surface area contributed by atoms with Crippen LogP contribution in [0.3, 0.4) is 0 Å². The minimum Gasteiger partial charge on any atom is -0.430 e. The van der Waals surface area contributed by atoms with E-state index in [1.54, 1.807) is 12.4 Å². The van der Waals surface area contributed by atoms with Crippen molar-refractivity contribution in [2.75, 3.05) is 13.1 Å². The molecule has 0 saturated heterocycles. The first-order valence-corrected chi connectivity index (χ1v) is 10.3. The summed E-state index contributed by atoms with van der Waals surface area (Å²) in [5.74, 6) is -0.786. The maximum absolute atomic E-state index is 13.1. The van der Waals surface area contributed by atoms with Crippen molar-refractivity contribution in [1.29, 1.82) is 5.41 Å². The van der Waals surface area contributed by atoms with Crippen LogP contribution in [-0.2, 0) is 20.7 Å². The van der Waals surface area contributed by atoms with Gasteiger partial charge in [-0.2, -0.15) is 0 Å². The maximum atomic E-state index is 13.1. The molecule has 11 heteroatoms.